The minimum atomic E-state index is -1.08. The quantitative estimate of drug-likeness (QED) is 0.846. The second kappa shape index (κ2) is 7.45. The maximum atomic E-state index is 13.0. The van der Waals surface area contributed by atoms with E-state index in [1.165, 1.54) is 47.9 Å². The highest BCUT2D eigenvalue weighted by Gasteiger charge is 2.34. The van der Waals surface area contributed by atoms with Crippen LogP contribution in [-0.4, -0.2) is 45.5 Å². The van der Waals surface area contributed by atoms with Crippen LogP contribution in [0.15, 0.2) is 24.3 Å². The van der Waals surface area contributed by atoms with Crippen LogP contribution < -0.4 is 5.32 Å². The van der Waals surface area contributed by atoms with Crippen LogP contribution in [0.25, 0.3) is 0 Å². The average Bonchev–Trinajstić information content (AvgIpc) is 2.96. The zero-order chi connectivity index (χ0) is 17.0. The van der Waals surface area contributed by atoms with Crippen LogP contribution in [-0.2, 0) is 14.4 Å². The van der Waals surface area contributed by atoms with Crippen molar-refractivity contribution < 1.29 is 23.9 Å². The van der Waals surface area contributed by atoms with Gasteiger partial charge in [-0.05, 0) is 17.7 Å². The Hall–Kier alpha value is -2.09. The number of thioether (sulfide) groups is 1. The molecule has 1 fully saturated rings. The van der Waals surface area contributed by atoms with Crippen LogP contribution in [0.1, 0.15) is 24.9 Å². The summed E-state index contributed by atoms with van der Waals surface area (Å²) in [5, 5.41) is 11.7. The number of carboxylic acid groups (broad SMARTS) is 1. The summed E-state index contributed by atoms with van der Waals surface area (Å²) in [6.45, 7) is 1.39. The third-order valence-electron chi connectivity index (χ3n) is 3.56. The van der Waals surface area contributed by atoms with Gasteiger partial charge < -0.3 is 15.3 Å². The Bertz CT molecular complexity index is 608. The number of hydrogen-bond acceptors (Lipinski definition) is 4. The van der Waals surface area contributed by atoms with Crippen LogP contribution in [0.3, 0.4) is 0 Å². The molecule has 2 atom stereocenters. The molecular weight excluding hydrogens is 323 g/mol. The van der Waals surface area contributed by atoms with E-state index in [1.54, 1.807) is 0 Å². The molecule has 0 radical (unpaired) electrons. The molecular formula is C15H17FN2O4S. The van der Waals surface area contributed by atoms with Crippen molar-refractivity contribution in [3.05, 3.63) is 35.6 Å². The number of benzene rings is 1. The second-order valence-corrected chi connectivity index (χ2v) is 6.21. The third-order valence-corrected chi connectivity index (χ3v) is 4.57. The van der Waals surface area contributed by atoms with Crippen molar-refractivity contribution in [2.45, 2.75) is 25.4 Å². The molecule has 1 aliphatic rings. The summed E-state index contributed by atoms with van der Waals surface area (Å²) in [4.78, 5) is 36.4. The van der Waals surface area contributed by atoms with E-state index in [2.05, 4.69) is 5.32 Å². The Balaban J connectivity index is 2.14. The van der Waals surface area contributed by atoms with Crippen LogP contribution in [0.2, 0.25) is 0 Å². The summed E-state index contributed by atoms with van der Waals surface area (Å²) >= 11 is 1.46. The van der Waals surface area contributed by atoms with Crippen molar-refractivity contribution in [2.75, 3.05) is 11.6 Å². The van der Waals surface area contributed by atoms with Gasteiger partial charge in [-0.25, -0.2) is 4.39 Å². The van der Waals surface area contributed by atoms with E-state index >= 15 is 0 Å². The van der Waals surface area contributed by atoms with Gasteiger partial charge in [-0.15, -0.1) is 11.8 Å². The van der Waals surface area contributed by atoms with Crippen molar-refractivity contribution in [1.82, 2.24) is 10.2 Å². The number of halogens is 1. The van der Waals surface area contributed by atoms with E-state index in [-0.39, 0.29) is 12.3 Å². The number of nitrogens with zero attached hydrogens (tertiary/aromatic N) is 1. The van der Waals surface area contributed by atoms with Gasteiger partial charge in [0.2, 0.25) is 11.8 Å². The molecule has 0 bridgehead atoms. The minimum absolute atomic E-state index is 0.202. The Morgan fingerprint density at radius 3 is 2.61 bits per heavy atom. The fourth-order valence-electron chi connectivity index (χ4n) is 2.36. The summed E-state index contributed by atoms with van der Waals surface area (Å²) in [7, 11) is 0. The van der Waals surface area contributed by atoms with Crippen LogP contribution in [0.5, 0.6) is 0 Å². The zero-order valence-corrected chi connectivity index (χ0v) is 13.3. The Morgan fingerprint density at radius 2 is 2.04 bits per heavy atom. The van der Waals surface area contributed by atoms with Gasteiger partial charge in [0, 0.05) is 12.7 Å². The fourth-order valence-corrected chi connectivity index (χ4v) is 3.58. The molecule has 23 heavy (non-hydrogen) atoms. The number of aliphatic carboxylic acids is 1. The molecule has 0 aliphatic carbocycles. The van der Waals surface area contributed by atoms with E-state index < -0.39 is 29.8 Å². The highest BCUT2D eigenvalue weighted by Crippen LogP contribution is 2.23. The highest BCUT2D eigenvalue weighted by molar-refractivity contribution is 7.99. The molecule has 2 rings (SSSR count). The van der Waals surface area contributed by atoms with Gasteiger partial charge in [0.1, 0.15) is 11.9 Å². The van der Waals surface area contributed by atoms with Gasteiger partial charge in [0.15, 0.2) is 0 Å². The molecule has 1 heterocycles. The van der Waals surface area contributed by atoms with Crippen molar-refractivity contribution in [3.8, 4) is 0 Å². The molecule has 0 spiro atoms. The Labute approximate surface area is 137 Å². The summed E-state index contributed by atoms with van der Waals surface area (Å²) < 4.78 is 13.0. The first-order valence-corrected chi connectivity index (χ1v) is 8.16. The summed E-state index contributed by atoms with van der Waals surface area (Å²) in [5.41, 5.74) is 0.502. The number of amides is 2. The molecule has 1 aromatic rings. The topological polar surface area (TPSA) is 86.7 Å². The lowest BCUT2D eigenvalue weighted by molar-refractivity contribution is -0.139. The van der Waals surface area contributed by atoms with E-state index in [1.807, 2.05) is 0 Å². The highest BCUT2D eigenvalue weighted by atomic mass is 32.2. The van der Waals surface area contributed by atoms with Crippen molar-refractivity contribution in [2.24, 2.45) is 0 Å². The average molecular weight is 340 g/mol. The van der Waals surface area contributed by atoms with Crippen LogP contribution in [0.4, 0.5) is 4.39 Å². The van der Waals surface area contributed by atoms with E-state index in [0.29, 0.717) is 17.2 Å². The maximum Gasteiger partial charge on any atom is 0.305 e. The molecule has 0 saturated carbocycles. The van der Waals surface area contributed by atoms with E-state index in [0.717, 1.165) is 0 Å². The SMILES string of the molecule is CC(=O)N1CSCC1C(=O)NC(CC(=O)O)c1ccc(F)cc1. The lowest BCUT2D eigenvalue weighted by atomic mass is 10.0. The maximum absolute atomic E-state index is 13.0. The normalized spacial score (nSPS) is 18.5. The number of nitrogens with one attached hydrogen (secondary N) is 1. The number of carbonyl (C=O) groups excluding carboxylic acids is 2. The summed E-state index contributed by atoms with van der Waals surface area (Å²) in [6, 6.07) is 3.91. The third kappa shape index (κ3) is 4.44. The lowest BCUT2D eigenvalue weighted by Crippen LogP contribution is -2.47. The van der Waals surface area contributed by atoms with Crippen molar-refractivity contribution in [3.63, 3.8) is 0 Å². The van der Waals surface area contributed by atoms with E-state index in [4.69, 9.17) is 5.11 Å². The number of carboxylic acids is 1. The molecule has 2 unspecified atom stereocenters. The molecule has 1 saturated heterocycles. The molecule has 8 heteroatoms. The van der Waals surface area contributed by atoms with Crippen molar-refractivity contribution >= 4 is 29.5 Å². The Morgan fingerprint density at radius 1 is 1.39 bits per heavy atom. The molecule has 1 aliphatic heterocycles. The van der Waals surface area contributed by atoms with E-state index in [9.17, 15) is 18.8 Å². The van der Waals surface area contributed by atoms with Crippen LogP contribution >= 0.6 is 11.8 Å². The molecule has 2 N–H and O–H groups in total. The van der Waals surface area contributed by atoms with Gasteiger partial charge in [0.05, 0.1) is 18.3 Å². The predicted molar refractivity (Wildman–Crippen MR) is 83.2 cm³/mol. The van der Waals surface area contributed by atoms with Gasteiger partial charge in [-0.1, -0.05) is 12.1 Å². The first-order valence-electron chi connectivity index (χ1n) is 7.01. The molecule has 1 aromatic carbocycles. The number of carbonyl (C=O) groups is 3. The van der Waals surface area contributed by atoms with Gasteiger partial charge in [-0.2, -0.15) is 0 Å². The second-order valence-electron chi connectivity index (χ2n) is 5.22. The smallest absolute Gasteiger partial charge is 0.305 e. The number of rotatable bonds is 5. The lowest BCUT2D eigenvalue weighted by Gasteiger charge is -2.24. The van der Waals surface area contributed by atoms with Gasteiger partial charge >= 0.3 is 5.97 Å². The predicted octanol–water partition coefficient (Wildman–Crippen LogP) is 1.38. The largest absolute Gasteiger partial charge is 0.481 e. The molecule has 2 amide bonds. The first kappa shape index (κ1) is 17.3. The summed E-state index contributed by atoms with van der Waals surface area (Å²) in [6.07, 6.45) is -0.322. The molecule has 0 aromatic heterocycles. The van der Waals surface area contributed by atoms with Gasteiger partial charge in [-0.3, -0.25) is 14.4 Å². The first-order chi connectivity index (χ1) is 10.9. The van der Waals surface area contributed by atoms with Crippen LogP contribution in [0, 0.1) is 5.82 Å². The monoisotopic (exact) mass is 340 g/mol. The van der Waals surface area contributed by atoms with Gasteiger partial charge in [0.25, 0.3) is 0 Å². The summed E-state index contributed by atoms with van der Waals surface area (Å²) in [5.74, 6) is -1.22. The molecule has 124 valence electrons. The fraction of sp³-hybridized carbons (Fsp3) is 0.400. The number of hydrogen-bond donors (Lipinski definition) is 2. The zero-order valence-electron chi connectivity index (χ0n) is 12.5. The van der Waals surface area contributed by atoms with Crippen molar-refractivity contribution in [1.29, 1.82) is 0 Å². The molecule has 6 nitrogen and oxygen atoms in total. The minimum Gasteiger partial charge on any atom is -0.481 e. The standard InChI is InChI=1S/C15H17FN2O4S/c1-9(19)18-8-23-7-13(18)15(22)17-12(6-14(20)21)10-2-4-11(16)5-3-10/h2-5,12-13H,6-8H2,1H3,(H,17,22)(H,20,21). The Kier molecular flexibility index (Phi) is 5.59.